The van der Waals surface area contributed by atoms with Crippen molar-refractivity contribution in [2.75, 3.05) is 59.7 Å². The molecule has 30 heavy (non-hydrogen) atoms. The van der Waals surface area contributed by atoms with Crippen LogP contribution in [0.25, 0.3) is 0 Å². The molecule has 1 aromatic rings. The van der Waals surface area contributed by atoms with Gasteiger partial charge in [0.25, 0.3) is 0 Å². The van der Waals surface area contributed by atoms with Crippen LogP contribution in [-0.4, -0.2) is 78.3 Å². The normalized spacial score (nSPS) is 16.5. The van der Waals surface area contributed by atoms with Gasteiger partial charge in [-0.25, -0.2) is 8.42 Å². The lowest BCUT2D eigenvalue weighted by molar-refractivity contribution is 0.0698. The Morgan fingerprint density at radius 3 is 2.53 bits per heavy atom. The zero-order chi connectivity index (χ0) is 21.7. The third-order valence-electron chi connectivity index (χ3n) is 5.00. The molecule has 0 saturated carbocycles. The lowest BCUT2D eigenvalue weighted by Crippen LogP contribution is -2.40. The zero-order valence-corrected chi connectivity index (χ0v) is 19.0. The number of sulfonamides is 1. The van der Waals surface area contributed by atoms with Crippen LogP contribution in [0.5, 0.6) is 0 Å². The maximum Gasteiger partial charge on any atom is 0.243 e. The lowest BCUT2D eigenvalue weighted by atomic mass is 9.98. The molecule has 1 fully saturated rings. The SMILES string of the molecule is CCNC(=NCC1CCN(S(=O)(=O)c2ccccc2)CC1)NCCCOCCOC. The van der Waals surface area contributed by atoms with Crippen LogP contribution in [0.15, 0.2) is 40.2 Å². The van der Waals surface area contributed by atoms with Gasteiger partial charge in [0.2, 0.25) is 10.0 Å². The fourth-order valence-electron chi connectivity index (χ4n) is 3.26. The van der Waals surface area contributed by atoms with Crippen LogP contribution in [0, 0.1) is 5.92 Å². The molecule has 0 aliphatic carbocycles. The molecule has 0 radical (unpaired) electrons. The molecule has 1 saturated heterocycles. The second-order valence-electron chi connectivity index (χ2n) is 7.27. The van der Waals surface area contributed by atoms with Crippen LogP contribution in [0.1, 0.15) is 26.2 Å². The van der Waals surface area contributed by atoms with E-state index in [-0.39, 0.29) is 0 Å². The third-order valence-corrected chi connectivity index (χ3v) is 6.91. The van der Waals surface area contributed by atoms with E-state index in [0.29, 0.717) is 50.3 Å². The zero-order valence-electron chi connectivity index (χ0n) is 18.2. The van der Waals surface area contributed by atoms with Gasteiger partial charge in [-0.15, -0.1) is 0 Å². The van der Waals surface area contributed by atoms with Gasteiger partial charge in [0.1, 0.15) is 0 Å². The number of guanidine groups is 1. The van der Waals surface area contributed by atoms with E-state index in [9.17, 15) is 8.42 Å². The van der Waals surface area contributed by atoms with Gasteiger partial charge in [0, 0.05) is 46.4 Å². The molecule has 0 bridgehead atoms. The van der Waals surface area contributed by atoms with Gasteiger partial charge < -0.3 is 20.1 Å². The van der Waals surface area contributed by atoms with E-state index in [2.05, 4.69) is 10.6 Å². The van der Waals surface area contributed by atoms with Crippen molar-refractivity contribution in [2.24, 2.45) is 10.9 Å². The Morgan fingerprint density at radius 2 is 1.87 bits per heavy atom. The Morgan fingerprint density at radius 1 is 1.13 bits per heavy atom. The number of benzene rings is 1. The van der Waals surface area contributed by atoms with E-state index in [1.54, 1.807) is 35.7 Å². The summed E-state index contributed by atoms with van der Waals surface area (Å²) in [5, 5.41) is 6.59. The summed E-state index contributed by atoms with van der Waals surface area (Å²) < 4.78 is 37.5. The molecular formula is C21H36N4O4S. The first-order valence-electron chi connectivity index (χ1n) is 10.7. The van der Waals surface area contributed by atoms with Gasteiger partial charge in [-0.3, -0.25) is 4.99 Å². The smallest absolute Gasteiger partial charge is 0.243 e. The molecule has 2 rings (SSSR count). The van der Waals surface area contributed by atoms with E-state index >= 15 is 0 Å². The van der Waals surface area contributed by atoms with E-state index in [4.69, 9.17) is 14.5 Å². The van der Waals surface area contributed by atoms with E-state index < -0.39 is 10.0 Å². The summed E-state index contributed by atoms with van der Waals surface area (Å²) in [6, 6.07) is 8.66. The van der Waals surface area contributed by atoms with Crippen molar-refractivity contribution < 1.29 is 17.9 Å². The number of aliphatic imine (C=N–C) groups is 1. The van der Waals surface area contributed by atoms with Gasteiger partial charge in [-0.05, 0) is 44.2 Å². The molecule has 170 valence electrons. The van der Waals surface area contributed by atoms with Crippen molar-refractivity contribution in [3.05, 3.63) is 30.3 Å². The number of hydrogen-bond acceptors (Lipinski definition) is 5. The third kappa shape index (κ3) is 8.22. The molecule has 8 nitrogen and oxygen atoms in total. The molecule has 0 unspecified atom stereocenters. The summed E-state index contributed by atoms with van der Waals surface area (Å²) in [5.74, 6) is 1.19. The van der Waals surface area contributed by atoms with Gasteiger partial charge in [0.15, 0.2) is 5.96 Å². The van der Waals surface area contributed by atoms with Gasteiger partial charge >= 0.3 is 0 Å². The Labute approximate surface area is 181 Å². The van der Waals surface area contributed by atoms with Crippen molar-refractivity contribution in [3.63, 3.8) is 0 Å². The fraction of sp³-hybridized carbons (Fsp3) is 0.667. The summed E-state index contributed by atoms with van der Waals surface area (Å²) in [4.78, 5) is 5.06. The highest BCUT2D eigenvalue weighted by atomic mass is 32.2. The fourth-order valence-corrected chi connectivity index (χ4v) is 4.75. The van der Waals surface area contributed by atoms with E-state index in [0.717, 1.165) is 38.3 Å². The number of nitrogens with one attached hydrogen (secondary N) is 2. The second-order valence-corrected chi connectivity index (χ2v) is 9.20. The minimum atomic E-state index is -3.40. The Balaban J connectivity index is 1.74. The van der Waals surface area contributed by atoms with Crippen LogP contribution in [-0.2, 0) is 19.5 Å². The van der Waals surface area contributed by atoms with Crippen LogP contribution in [0.3, 0.4) is 0 Å². The molecule has 1 aromatic carbocycles. The van der Waals surface area contributed by atoms with Gasteiger partial charge in [-0.1, -0.05) is 18.2 Å². The van der Waals surface area contributed by atoms with Crippen LogP contribution >= 0.6 is 0 Å². The van der Waals surface area contributed by atoms with Crippen molar-refractivity contribution >= 4 is 16.0 Å². The Bertz CT molecular complexity index is 720. The summed E-state index contributed by atoms with van der Waals surface area (Å²) >= 11 is 0. The highest BCUT2D eigenvalue weighted by Crippen LogP contribution is 2.23. The lowest BCUT2D eigenvalue weighted by Gasteiger charge is -2.30. The highest BCUT2D eigenvalue weighted by Gasteiger charge is 2.29. The molecular weight excluding hydrogens is 404 g/mol. The van der Waals surface area contributed by atoms with Crippen molar-refractivity contribution in [1.29, 1.82) is 0 Å². The minimum absolute atomic E-state index is 0.367. The van der Waals surface area contributed by atoms with Crippen molar-refractivity contribution in [3.8, 4) is 0 Å². The Hall–Kier alpha value is -1.68. The van der Waals surface area contributed by atoms with Crippen LogP contribution < -0.4 is 10.6 Å². The quantitative estimate of drug-likeness (QED) is 0.292. The molecule has 2 N–H and O–H groups in total. The molecule has 0 amide bonds. The summed E-state index contributed by atoms with van der Waals surface area (Å²) in [7, 11) is -1.73. The average molecular weight is 441 g/mol. The molecule has 0 atom stereocenters. The Kier molecular flexibility index (Phi) is 11.1. The molecule has 9 heteroatoms. The number of methoxy groups -OCH3 is 1. The number of piperidine rings is 1. The molecule has 1 aliphatic rings. The van der Waals surface area contributed by atoms with Crippen molar-refractivity contribution in [2.45, 2.75) is 31.1 Å². The topological polar surface area (TPSA) is 92.3 Å². The van der Waals surface area contributed by atoms with Gasteiger partial charge in [0.05, 0.1) is 18.1 Å². The van der Waals surface area contributed by atoms with Crippen LogP contribution in [0.4, 0.5) is 0 Å². The minimum Gasteiger partial charge on any atom is -0.382 e. The van der Waals surface area contributed by atoms with Crippen LogP contribution in [0.2, 0.25) is 0 Å². The number of nitrogens with zero attached hydrogens (tertiary/aromatic N) is 2. The summed E-state index contributed by atoms with van der Waals surface area (Å²) in [6.07, 6.45) is 2.54. The maximum atomic E-state index is 12.7. The standard InChI is InChI=1S/C21H36N4O4S/c1-3-22-21(23-12-7-15-29-17-16-28-2)24-18-19-10-13-25(14-11-19)30(26,27)20-8-5-4-6-9-20/h4-6,8-9,19H,3,7,10-18H2,1-2H3,(H2,22,23,24). The first-order chi connectivity index (χ1) is 14.6. The number of hydrogen-bond donors (Lipinski definition) is 2. The molecule has 0 aromatic heterocycles. The highest BCUT2D eigenvalue weighted by molar-refractivity contribution is 7.89. The largest absolute Gasteiger partial charge is 0.382 e. The van der Waals surface area contributed by atoms with E-state index in [1.807, 2.05) is 13.0 Å². The van der Waals surface area contributed by atoms with Crippen molar-refractivity contribution in [1.82, 2.24) is 14.9 Å². The second kappa shape index (κ2) is 13.6. The van der Waals surface area contributed by atoms with E-state index in [1.165, 1.54) is 0 Å². The molecule has 1 aliphatic heterocycles. The monoisotopic (exact) mass is 440 g/mol. The van der Waals surface area contributed by atoms with Gasteiger partial charge in [-0.2, -0.15) is 4.31 Å². The first kappa shape index (κ1) is 24.6. The predicted molar refractivity (Wildman–Crippen MR) is 119 cm³/mol. The number of ether oxygens (including phenoxy) is 2. The number of rotatable bonds is 12. The predicted octanol–water partition coefficient (Wildman–Crippen LogP) is 1.70. The summed E-state index contributed by atoms with van der Waals surface area (Å²) in [5.41, 5.74) is 0. The first-order valence-corrected chi connectivity index (χ1v) is 12.2. The average Bonchev–Trinajstić information content (AvgIpc) is 2.77. The maximum absolute atomic E-state index is 12.7. The molecule has 1 heterocycles. The summed E-state index contributed by atoms with van der Waals surface area (Å²) in [6.45, 7) is 7.31. The molecule has 0 spiro atoms.